The van der Waals surface area contributed by atoms with Gasteiger partial charge in [-0.25, -0.2) is 0 Å². The maximum atomic E-state index is 11.2. The fourth-order valence-electron chi connectivity index (χ4n) is 1.80. The highest BCUT2D eigenvalue weighted by Crippen LogP contribution is 2.32. The molecule has 3 N–H and O–H groups in total. The SMILES string of the molecule is CON(C)c1cc2c(cc1N)NC(=O)CC2. The first-order chi connectivity index (χ1) is 7.61. The van der Waals surface area contributed by atoms with Gasteiger partial charge in [0.15, 0.2) is 0 Å². The molecule has 1 aliphatic heterocycles. The zero-order chi connectivity index (χ0) is 11.7. The van der Waals surface area contributed by atoms with Crippen LogP contribution in [0.2, 0.25) is 0 Å². The van der Waals surface area contributed by atoms with Crippen molar-refractivity contribution in [3.05, 3.63) is 17.7 Å². The Morgan fingerprint density at radius 1 is 1.44 bits per heavy atom. The molecule has 5 nitrogen and oxygen atoms in total. The minimum absolute atomic E-state index is 0.0414. The van der Waals surface area contributed by atoms with Gasteiger partial charge in [-0.1, -0.05) is 0 Å². The minimum Gasteiger partial charge on any atom is -0.397 e. The number of benzene rings is 1. The van der Waals surface area contributed by atoms with Crippen LogP contribution in [0, 0.1) is 0 Å². The first-order valence-corrected chi connectivity index (χ1v) is 5.12. The molecule has 0 saturated heterocycles. The molecular formula is C11H15N3O2. The number of nitrogens with one attached hydrogen (secondary N) is 1. The highest BCUT2D eigenvalue weighted by molar-refractivity contribution is 5.95. The number of rotatable bonds is 2. The van der Waals surface area contributed by atoms with Crippen LogP contribution in [0.5, 0.6) is 0 Å². The monoisotopic (exact) mass is 221 g/mol. The normalized spacial score (nSPS) is 14.2. The second-order valence-electron chi connectivity index (χ2n) is 3.80. The number of carbonyl (C=O) groups is 1. The van der Waals surface area contributed by atoms with Crippen molar-refractivity contribution < 1.29 is 9.63 Å². The van der Waals surface area contributed by atoms with Gasteiger partial charge >= 0.3 is 0 Å². The van der Waals surface area contributed by atoms with Crippen LogP contribution in [0.4, 0.5) is 17.1 Å². The molecule has 0 saturated carbocycles. The molecule has 86 valence electrons. The molecule has 2 rings (SSSR count). The van der Waals surface area contributed by atoms with E-state index >= 15 is 0 Å². The summed E-state index contributed by atoms with van der Waals surface area (Å²) < 4.78 is 0. The predicted octanol–water partition coefficient (Wildman–Crippen LogP) is 1.15. The lowest BCUT2D eigenvalue weighted by Crippen LogP contribution is -2.21. The first kappa shape index (κ1) is 10.8. The number of nitrogen functional groups attached to an aromatic ring is 1. The molecule has 0 aromatic heterocycles. The lowest BCUT2D eigenvalue weighted by Gasteiger charge is -2.23. The Hall–Kier alpha value is -1.75. The van der Waals surface area contributed by atoms with Crippen LogP contribution in [0.15, 0.2) is 12.1 Å². The summed E-state index contributed by atoms with van der Waals surface area (Å²) >= 11 is 0. The molecule has 16 heavy (non-hydrogen) atoms. The first-order valence-electron chi connectivity index (χ1n) is 5.12. The fraction of sp³-hybridized carbons (Fsp3) is 0.364. The van der Waals surface area contributed by atoms with Gasteiger partial charge in [-0.3, -0.25) is 14.7 Å². The number of fused-ring (bicyclic) bond motifs is 1. The summed E-state index contributed by atoms with van der Waals surface area (Å²) in [6.45, 7) is 0. The maximum Gasteiger partial charge on any atom is 0.224 e. The van der Waals surface area contributed by atoms with E-state index in [1.54, 1.807) is 25.3 Å². The van der Waals surface area contributed by atoms with Gasteiger partial charge < -0.3 is 11.1 Å². The number of nitrogens with two attached hydrogens (primary N) is 1. The highest BCUT2D eigenvalue weighted by Gasteiger charge is 2.17. The highest BCUT2D eigenvalue weighted by atomic mass is 16.7. The summed E-state index contributed by atoms with van der Waals surface area (Å²) in [5.74, 6) is 0.0414. The second kappa shape index (κ2) is 4.02. The van der Waals surface area contributed by atoms with Crippen molar-refractivity contribution in [2.75, 3.05) is 30.3 Å². The third-order valence-corrected chi connectivity index (χ3v) is 2.76. The number of hydrogen-bond acceptors (Lipinski definition) is 4. The predicted molar refractivity (Wildman–Crippen MR) is 63.2 cm³/mol. The average Bonchev–Trinajstić information content (AvgIpc) is 2.27. The van der Waals surface area contributed by atoms with Crippen molar-refractivity contribution in [3.63, 3.8) is 0 Å². The van der Waals surface area contributed by atoms with E-state index in [2.05, 4.69) is 5.32 Å². The zero-order valence-electron chi connectivity index (χ0n) is 9.41. The number of anilines is 3. The standard InChI is InChI=1S/C11H15N3O2/c1-14(16-2)10-5-7-3-4-11(15)13-9(7)6-8(10)12/h5-6H,3-4,12H2,1-2H3,(H,13,15). The number of aryl methyl sites for hydroxylation is 1. The molecule has 0 fully saturated rings. The number of nitrogens with zero attached hydrogens (tertiary/aromatic N) is 1. The molecule has 1 amide bonds. The van der Waals surface area contributed by atoms with E-state index < -0.39 is 0 Å². The van der Waals surface area contributed by atoms with Crippen molar-refractivity contribution in [1.82, 2.24) is 0 Å². The third-order valence-electron chi connectivity index (χ3n) is 2.76. The van der Waals surface area contributed by atoms with E-state index in [1.807, 2.05) is 6.07 Å². The van der Waals surface area contributed by atoms with Crippen LogP contribution in [-0.2, 0) is 16.1 Å². The van der Waals surface area contributed by atoms with E-state index in [0.717, 1.165) is 23.4 Å². The van der Waals surface area contributed by atoms with Crippen molar-refractivity contribution in [3.8, 4) is 0 Å². The molecule has 0 radical (unpaired) electrons. The molecule has 0 aliphatic carbocycles. The molecule has 1 heterocycles. The van der Waals surface area contributed by atoms with E-state index in [0.29, 0.717) is 12.1 Å². The van der Waals surface area contributed by atoms with Gasteiger partial charge in [-0.15, -0.1) is 0 Å². The minimum atomic E-state index is 0.0414. The van der Waals surface area contributed by atoms with Crippen molar-refractivity contribution >= 4 is 23.0 Å². The Morgan fingerprint density at radius 3 is 2.88 bits per heavy atom. The summed E-state index contributed by atoms with van der Waals surface area (Å²) in [5, 5.41) is 4.41. The molecule has 0 spiro atoms. The van der Waals surface area contributed by atoms with Gasteiger partial charge in [0.25, 0.3) is 0 Å². The second-order valence-corrected chi connectivity index (χ2v) is 3.80. The largest absolute Gasteiger partial charge is 0.397 e. The Balaban J connectivity index is 2.41. The van der Waals surface area contributed by atoms with E-state index in [9.17, 15) is 4.79 Å². The van der Waals surface area contributed by atoms with E-state index in [-0.39, 0.29) is 5.91 Å². The van der Waals surface area contributed by atoms with Gasteiger partial charge in [-0.2, -0.15) is 0 Å². The van der Waals surface area contributed by atoms with Gasteiger partial charge in [0.1, 0.15) is 0 Å². The lowest BCUT2D eigenvalue weighted by atomic mass is 10.0. The molecule has 1 aromatic rings. The van der Waals surface area contributed by atoms with Gasteiger partial charge in [0.2, 0.25) is 5.91 Å². The van der Waals surface area contributed by atoms with Gasteiger partial charge in [-0.05, 0) is 24.1 Å². The molecule has 1 aromatic carbocycles. The van der Waals surface area contributed by atoms with Gasteiger partial charge in [0.05, 0.1) is 18.5 Å². The summed E-state index contributed by atoms with van der Waals surface area (Å²) in [4.78, 5) is 16.3. The molecule has 0 bridgehead atoms. The quantitative estimate of drug-likeness (QED) is 0.580. The van der Waals surface area contributed by atoms with Crippen LogP contribution < -0.4 is 16.1 Å². The number of hydrogen-bond donors (Lipinski definition) is 2. The van der Waals surface area contributed by atoms with Crippen molar-refractivity contribution in [2.45, 2.75) is 12.8 Å². The maximum absolute atomic E-state index is 11.2. The molecular weight excluding hydrogens is 206 g/mol. The molecule has 1 aliphatic rings. The van der Waals surface area contributed by atoms with Crippen LogP contribution in [0.1, 0.15) is 12.0 Å². The van der Waals surface area contributed by atoms with Crippen LogP contribution in [0.25, 0.3) is 0 Å². The summed E-state index contributed by atoms with van der Waals surface area (Å²) in [5.41, 5.74) is 9.20. The summed E-state index contributed by atoms with van der Waals surface area (Å²) in [6, 6.07) is 3.73. The topological polar surface area (TPSA) is 67.6 Å². The summed E-state index contributed by atoms with van der Waals surface area (Å²) in [7, 11) is 3.38. The zero-order valence-corrected chi connectivity index (χ0v) is 9.41. The lowest BCUT2D eigenvalue weighted by molar-refractivity contribution is -0.116. The average molecular weight is 221 g/mol. The van der Waals surface area contributed by atoms with E-state index in [1.165, 1.54) is 0 Å². The fourth-order valence-corrected chi connectivity index (χ4v) is 1.80. The Bertz CT molecular complexity index is 431. The van der Waals surface area contributed by atoms with E-state index in [4.69, 9.17) is 10.6 Å². The Morgan fingerprint density at radius 2 is 2.19 bits per heavy atom. The molecule has 0 unspecified atom stereocenters. The van der Waals surface area contributed by atoms with Crippen LogP contribution in [0.3, 0.4) is 0 Å². The third kappa shape index (κ3) is 1.81. The molecule has 5 heteroatoms. The number of carbonyl (C=O) groups excluding carboxylic acids is 1. The Labute approximate surface area is 94.1 Å². The summed E-state index contributed by atoms with van der Waals surface area (Å²) in [6.07, 6.45) is 1.26. The Kier molecular flexibility index (Phi) is 2.70. The van der Waals surface area contributed by atoms with Gasteiger partial charge in [0, 0.05) is 19.2 Å². The number of amides is 1. The smallest absolute Gasteiger partial charge is 0.224 e. The molecule has 0 atom stereocenters. The van der Waals surface area contributed by atoms with Crippen LogP contribution >= 0.6 is 0 Å². The van der Waals surface area contributed by atoms with Crippen molar-refractivity contribution in [2.24, 2.45) is 0 Å². The number of hydroxylamine groups is 1. The van der Waals surface area contributed by atoms with Crippen molar-refractivity contribution in [1.29, 1.82) is 0 Å². The van der Waals surface area contributed by atoms with Crippen LogP contribution in [-0.4, -0.2) is 20.1 Å².